The molecule has 2 aromatic rings. The molecule has 0 spiro atoms. The van der Waals surface area contributed by atoms with E-state index in [9.17, 15) is 4.39 Å². The van der Waals surface area contributed by atoms with Gasteiger partial charge < -0.3 is 15.0 Å². The van der Waals surface area contributed by atoms with Crippen molar-refractivity contribution < 1.29 is 9.13 Å². The summed E-state index contributed by atoms with van der Waals surface area (Å²) < 4.78 is 20.5. The molecule has 0 aliphatic heterocycles. The fraction of sp³-hybridized carbons (Fsp3) is 0.417. The number of nitrogens with zero attached hydrogens (tertiary/aromatic N) is 2. The Kier molecular flexibility index (Phi) is 3.65. The average molecular weight is 269 g/mol. The van der Waals surface area contributed by atoms with Crippen molar-refractivity contribution in [1.82, 2.24) is 9.55 Å². The molecule has 0 amide bonds. The highest BCUT2D eigenvalue weighted by Gasteiger charge is 2.16. The van der Waals surface area contributed by atoms with E-state index in [0.717, 1.165) is 11.3 Å². The number of nitrogens with two attached hydrogens (primary N) is 1. The number of thioether (sulfide) groups is 1. The molecule has 18 heavy (non-hydrogen) atoms. The first-order chi connectivity index (χ1) is 8.58. The van der Waals surface area contributed by atoms with Gasteiger partial charge in [0.25, 0.3) is 0 Å². The van der Waals surface area contributed by atoms with E-state index < -0.39 is 5.82 Å². The molecule has 0 saturated heterocycles. The molecule has 0 fully saturated rings. The summed E-state index contributed by atoms with van der Waals surface area (Å²) in [7, 11) is 1.44. The standard InChI is InChI=1S/C12H16FN3OS/c1-7(6-18-3)16-10-5-11(17-2)8(13)4-9(10)15-12(16)14/h4-5,7H,6H2,1-3H3,(H2,14,15). The van der Waals surface area contributed by atoms with Gasteiger partial charge in [0.15, 0.2) is 11.6 Å². The van der Waals surface area contributed by atoms with Crippen LogP contribution in [-0.4, -0.2) is 28.7 Å². The average Bonchev–Trinajstić information content (AvgIpc) is 2.63. The predicted molar refractivity (Wildman–Crippen MR) is 73.7 cm³/mol. The van der Waals surface area contributed by atoms with E-state index in [4.69, 9.17) is 10.5 Å². The third kappa shape index (κ3) is 2.12. The molecule has 1 atom stereocenters. The second-order valence-corrected chi connectivity index (χ2v) is 5.03. The second-order valence-electron chi connectivity index (χ2n) is 4.12. The lowest BCUT2D eigenvalue weighted by Crippen LogP contribution is -2.10. The Morgan fingerprint density at radius 2 is 2.28 bits per heavy atom. The van der Waals surface area contributed by atoms with Crippen molar-refractivity contribution in [3.05, 3.63) is 17.9 Å². The summed E-state index contributed by atoms with van der Waals surface area (Å²) >= 11 is 1.73. The topological polar surface area (TPSA) is 53.1 Å². The van der Waals surface area contributed by atoms with Gasteiger partial charge in [-0.25, -0.2) is 9.37 Å². The highest BCUT2D eigenvalue weighted by atomic mass is 32.2. The van der Waals surface area contributed by atoms with Gasteiger partial charge in [-0.15, -0.1) is 0 Å². The van der Waals surface area contributed by atoms with Gasteiger partial charge >= 0.3 is 0 Å². The van der Waals surface area contributed by atoms with Crippen molar-refractivity contribution in [3.63, 3.8) is 0 Å². The van der Waals surface area contributed by atoms with Crippen LogP contribution in [0.1, 0.15) is 13.0 Å². The zero-order valence-electron chi connectivity index (χ0n) is 10.6. The first-order valence-electron chi connectivity index (χ1n) is 5.58. The Morgan fingerprint density at radius 3 is 2.89 bits per heavy atom. The molecular weight excluding hydrogens is 253 g/mol. The largest absolute Gasteiger partial charge is 0.494 e. The van der Waals surface area contributed by atoms with Gasteiger partial charge in [0.05, 0.1) is 18.1 Å². The molecule has 98 valence electrons. The van der Waals surface area contributed by atoms with Crippen LogP contribution in [0.5, 0.6) is 5.75 Å². The number of imidazole rings is 1. The minimum atomic E-state index is -0.424. The summed E-state index contributed by atoms with van der Waals surface area (Å²) in [6.45, 7) is 2.06. The first-order valence-corrected chi connectivity index (χ1v) is 6.97. The summed E-state index contributed by atoms with van der Waals surface area (Å²) in [5, 5.41) is 0. The molecule has 2 rings (SSSR count). The van der Waals surface area contributed by atoms with Crippen LogP contribution in [0, 0.1) is 5.82 Å². The number of hydrogen-bond donors (Lipinski definition) is 1. The maximum Gasteiger partial charge on any atom is 0.201 e. The summed E-state index contributed by atoms with van der Waals surface area (Å²) in [6, 6.07) is 3.19. The van der Waals surface area contributed by atoms with Crippen molar-refractivity contribution in [1.29, 1.82) is 0 Å². The van der Waals surface area contributed by atoms with Crippen LogP contribution in [0.3, 0.4) is 0 Å². The lowest BCUT2D eigenvalue weighted by molar-refractivity contribution is 0.387. The van der Waals surface area contributed by atoms with Crippen LogP contribution >= 0.6 is 11.8 Å². The van der Waals surface area contributed by atoms with E-state index >= 15 is 0 Å². The smallest absolute Gasteiger partial charge is 0.201 e. The minimum Gasteiger partial charge on any atom is -0.494 e. The fourth-order valence-electron chi connectivity index (χ4n) is 2.05. The number of fused-ring (bicyclic) bond motifs is 1. The Labute approximate surface area is 109 Å². The van der Waals surface area contributed by atoms with Gasteiger partial charge in [-0.2, -0.15) is 11.8 Å². The molecule has 1 aromatic heterocycles. The molecule has 0 aliphatic rings. The number of hydrogen-bond acceptors (Lipinski definition) is 4. The predicted octanol–water partition coefficient (Wildman–Crippen LogP) is 2.69. The van der Waals surface area contributed by atoms with E-state index in [1.165, 1.54) is 13.2 Å². The third-order valence-electron chi connectivity index (χ3n) is 2.84. The summed E-state index contributed by atoms with van der Waals surface area (Å²) in [5.41, 5.74) is 7.26. The molecule has 0 saturated carbocycles. The number of aromatic nitrogens is 2. The van der Waals surface area contributed by atoms with Crippen molar-refractivity contribution >= 4 is 28.7 Å². The molecule has 1 aromatic carbocycles. The number of ether oxygens (including phenoxy) is 1. The van der Waals surface area contributed by atoms with Crippen LogP contribution in [0.2, 0.25) is 0 Å². The lowest BCUT2D eigenvalue weighted by atomic mass is 10.2. The van der Waals surface area contributed by atoms with E-state index in [-0.39, 0.29) is 11.8 Å². The highest BCUT2D eigenvalue weighted by Crippen LogP contribution is 2.29. The highest BCUT2D eigenvalue weighted by molar-refractivity contribution is 7.98. The molecule has 6 heteroatoms. The van der Waals surface area contributed by atoms with E-state index in [1.807, 2.05) is 10.8 Å². The zero-order chi connectivity index (χ0) is 13.3. The maximum absolute atomic E-state index is 13.6. The number of methoxy groups -OCH3 is 1. The number of benzene rings is 1. The summed E-state index contributed by atoms with van der Waals surface area (Å²) in [6.07, 6.45) is 2.03. The van der Waals surface area contributed by atoms with Crippen molar-refractivity contribution in [3.8, 4) is 5.75 Å². The summed E-state index contributed by atoms with van der Waals surface area (Å²) in [4.78, 5) is 4.19. The van der Waals surface area contributed by atoms with E-state index in [2.05, 4.69) is 11.9 Å². The van der Waals surface area contributed by atoms with Crippen LogP contribution < -0.4 is 10.5 Å². The van der Waals surface area contributed by atoms with Gasteiger partial charge in [-0.3, -0.25) is 0 Å². The van der Waals surface area contributed by atoms with Gasteiger partial charge in [0, 0.05) is 23.9 Å². The van der Waals surface area contributed by atoms with Gasteiger partial charge in [-0.05, 0) is 13.2 Å². The number of rotatable bonds is 4. The Bertz CT molecular complexity index is 570. The fourth-order valence-corrected chi connectivity index (χ4v) is 2.68. The minimum absolute atomic E-state index is 0.195. The monoisotopic (exact) mass is 269 g/mol. The Balaban J connectivity index is 2.61. The molecule has 0 radical (unpaired) electrons. The van der Waals surface area contributed by atoms with Gasteiger partial charge in [0.2, 0.25) is 5.95 Å². The molecule has 2 N–H and O–H groups in total. The second kappa shape index (κ2) is 5.06. The Morgan fingerprint density at radius 1 is 1.56 bits per heavy atom. The molecule has 4 nitrogen and oxygen atoms in total. The van der Waals surface area contributed by atoms with Crippen LogP contribution in [-0.2, 0) is 0 Å². The van der Waals surface area contributed by atoms with E-state index in [0.29, 0.717) is 11.5 Å². The zero-order valence-corrected chi connectivity index (χ0v) is 11.4. The van der Waals surface area contributed by atoms with Crippen molar-refractivity contribution in [2.75, 3.05) is 24.9 Å². The molecule has 1 unspecified atom stereocenters. The van der Waals surface area contributed by atoms with Crippen molar-refractivity contribution in [2.24, 2.45) is 0 Å². The van der Waals surface area contributed by atoms with Crippen LogP contribution in [0.15, 0.2) is 12.1 Å². The number of nitrogen functional groups attached to an aromatic ring is 1. The molecule has 1 heterocycles. The molecule has 0 aliphatic carbocycles. The van der Waals surface area contributed by atoms with Crippen LogP contribution in [0.25, 0.3) is 11.0 Å². The molecular formula is C12H16FN3OS. The van der Waals surface area contributed by atoms with Gasteiger partial charge in [-0.1, -0.05) is 0 Å². The first kappa shape index (κ1) is 13.0. The third-order valence-corrected chi connectivity index (χ3v) is 3.65. The van der Waals surface area contributed by atoms with E-state index in [1.54, 1.807) is 17.8 Å². The van der Waals surface area contributed by atoms with Gasteiger partial charge in [0.1, 0.15) is 0 Å². The molecule has 0 bridgehead atoms. The summed E-state index contributed by atoms with van der Waals surface area (Å²) in [5.74, 6) is 1.10. The Hall–Kier alpha value is -1.43. The van der Waals surface area contributed by atoms with Crippen molar-refractivity contribution in [2.45, 2.75) is 13.0 Å². The number of halogens is 1. The SMILES string of the molecule is COc1cc2c(cc1F)nc(N)n2C(C)CSC. The maximum atomic E-state index is 13.6. The van der Waals surface area contributed by atoms with Crippen LogP contribution in [0.4, 0.5) is 10.3 Å². The quantitative estimate of drug-likeness (QED) is 0.927. The number of anilines is 1. The normalized spacial score (nSPS) is 12.9. The lowest BCUT2D eigenvalue weighted by Gasteiger charge is -2.15.